The average molecular weight is 403 g/mol. The lowest BCUT2D eigenvalue weighted by atomic mass is 9.98. The standard InChI is InChI=1S/C20H22FN3O3S/c1-12(18(28)20(25)26)15-10-22-11-23-19(15)24-16-8-7-13(21)9-17(16)27-14-5-3-2-4-6-14/h7-12,14H,2-6H2,1H3,(H,25,26)(H,22,23,24). The smallest absolute Gasteiger partial charge is 0.343 e. The van der Waals surface area contributed by atoms with E-state index >= 15 is 0 Å². The number of hydrogen-bond acceptors (Lipinski definition) is 6. The van der Waals surface area contributed by atoms with Crippen LogP contribution in [-0.4, -0.2) is 32.0 Å². The van der Waals surface area contributed by atoms with E-state index in [1.54, 1.807) is 13.0 Å². The summed E-state index contributed by atoms with van der Waals surface area (Å²) in [5.74, 6) is -1.30. The Morgan fingerprint density at radius 1 is 1.36 bits per heavy atom. The maximum Gasteiger partial charge on any atom is 0.343 e. The molecule has 0 amide bonds. The van der Waals surface area contributed by atoms with Crippen LogP contribution in [0.15, 0.2) is 30.7 Å². The van der Waals surface area contributed by atoms with E-state index in [1.165, 1.54) is 31.1 Å². The van der Waals surface area contributed by atoms with Crippen LogP contribution < -0.4 is 10.1 Å². The number of halogens is 1. The molecule has 1 aromatic heterocycles. The number of aromatic nitrogens is 2. The summed E-state index contributed by atoms with van der Waals surface area (Å²) in [6.45, 7) is 1.68. The number of carboxylic acid groups (broad SMARTS) is 1. The Morgan fingerprint density at radius 3 is 2.82 bits per heavy atom. The summed E-state index contributed by atoms with van der Waals surface area (Å²) in [5, 5.41) is 12.3. The van der Waals surface area contributed by atoms with E-state index in [4.69, 9.17) is 17.0 Å². The first-order valence-electron chi connectivity index (χ1n) is 9.26. The van der Waals surface area contributed by atoms with Crippen LogP contribution in [0, 0.1) is 5.82 Å². The van der Waals surface area contributed by atoms with Crippen molar-refractivity contribution in [3.8, 4) is 5.75 Å². The highest BCUT2D eigenvalue weighted by atomic mass is 32.1. The number of ether oxygens (including phenoxy) is 1. The minimum Gasteiger partial charge on any atom is -0.488 e. The molecule has 0 aliphatic heterocycles. The van der Waals surface area contributed by atoms with E-state index in [-0.39, 0.29) is 16.8 Å². The molecule has 28 heavy (non-hydrogen) atoms. The zero-order valence-electron chi connectivity index (χ0n) is 15.5. The molecular weight excluding hydrogens is 381 g/mol. The Labute approximate surface area is 168 Å². The van der Waals surface area contributed by atoms with Crippen LogP contribution in [0.2, 0.25) is 0 Å². The summed E-state index contributed by atoms with van der Waals surface area (Å²) < 4.78 is 19.9. The molecule has 1 fully saturated rings. The maximum atomic E-state index is 13.8. The molecule has 1 unspecified atom stereocenters. The van der Waals surface area contributed by atoms with E-state index in [2.05, 4.69) is 15.3 Å². The summed E-state index contributed by atoms with van der Waals surface area (Å²) in [6.07, 6.45) is 8.22. The summed E-state index contributed by atoms with van der Waals surface area (Å²) in [6, 6.07) is 4.27. The third kappa shape index (κ3) is 4.81. The molecule has 1 aliphatic rings. The number of thiocarbonyl (C=S) groups is 1. The van der Waals surface area contributed by atoms with Crippen molar-refractivity contribution in [2.45, 2.75) is 51.0 Å². The molecular formula is C20H22FN3O3S. The third-order valence-corrected chi connectivity index (χ3v) is 5.38. The SMILES string of the molecule is CC(C(=S)C(=O)O)c1cncnc1Nc1ccc(F)cc1OC1CCCCC1. The highest BCUT2D eigenvalue weighted by molar-refractivity contribution is 7.82. The summed E-state index contributed by atoms with van der Waals surface area (Å²) in [5.41, 5.74) is 1.10. The van der Waals surface area contributed by atoms with Crippen molar-refractivity contribution in [1.82, 2.24) is 9.97 Å². The highest BCUT2D eigenvalue weighted by Crippen LogP contribution is 2.34. The number of rotatable bonds is 7. The van der Waals surface area contributed by atoms with Crippen molar-refractivity contribution in [2.75, 3.05) is 5.32 Å². The van der Waals surface area contributed by atoms with Crippen LogP contribution in [0.25, 0.3) is 0 Å². The van der Waals surface area contributed by atoms with Gasteiger partial charge in [0.2, 0.25) is 0 Å². The highest BCUT2D eigenvalue weighted by Gasteiger charge is 2.23. The molecule has 1 aromatic carbocycles. The van der Waals surface area contributed by atoms with Gasteiger partial charge in [-0.25, -0.2) is 19.2 Å². The fourth-order valence-corrected chi connectivity index (χ4v) is 3.40. The molecule has 6 nitrogen and oxygen atoms in total. The molecule has 148 valence electrons. The molecule has 1 saturated carbocycles. The van der Waals surface area contributed by atoms with Gasteiger partial charge in [0.25, 0.3) is 0 Å². The quantitative estimate of drug-likeness (QED) is 0.652. The molecule has 0 spiro atoms. The van der Waals surface area contributed by atoms with Crippen LogP contribution in [0.3, 0.4) is 0 Å². The molecule has 2 N–H and O–H groups in total. The van der Waals surface area contributed by atoms with E-state index in [9.17, 15) is 14.3 Å². The monoisotopic (exact) mass is 403 g/mol. The fraction of sp³-hybridized carbons (Fsp3) is 0.400. The molecule has 1 heterocycles. The Morgan fingerprint density at radius 2 is 2.11 bits per heavy atom. The Kier molecular flexibility index (Phi) is 6.51. The molecule has 2 aromatic rings. The van der Waals surface area contributed by atoms with Crippen LogP contribution in [-0.2, 0) is 4.79 Å². The summed E-state index contributed by atoms with van der Waals surface area (Å²) in [7, 11) is 0. The van der Waals surface area contributed by atoms with Crippen molar-refractivity contribution in [2.24, 2.45) is 0 Å². The zero-order valence-corrected chi connectivity index (χ0v) is 16.3. The van der Waals surface area contributed by atoms with Gasteiger partial charge in [-0.15, -0.1) is 0 Å². The lowest BCUT2D eigenvalue weighted by Crippen LogP contribution is -2.20. The van der Waals surface area contributed by atoms with Gasteiger partial charge in [0.1, 0.15) is 28.6 Å². The van der Waals surface area contributed by atoms with Gasteiger partial charge in [-0.05, 0) is 37.8 Å². The molecule has 1 aliphatic carbocycles. The lowest BCUT2D eigenvalue weighted by molar-refractivity contribution is -0.129. The van der Waals surface area contributed by atoms with Gasteiger partial charge in [-0.1, -0.05) is 25.6 Å². The second kappa shape index (κ2) is 9.05. The average Bonchev–Trinajstić information content (AvgIpc) is 2.70. The van der Waals surface area contributed by atoms with Crippen LogP contribution in [0.5, 0.6) is 5.75 Å². The van der Waals surface area contributed by atoms with Gasteiger partial charge in [0.15, 0.2) is 0 Å². The van der Waals surface area contributed by atoms with Crippen molar-refractivity contribution in [1.29, 1.82) is 0 Å². The van der Waals surface area contributed by atoms with Crippen molar-refractivity contribution >= 4 is 34.6 Å². The second-order valence-electron chi connectivity index (χ2n) is 6.86. The van der Waals surface area contributed by atoms with Crippen molar-refractivity contribution in [3.05, 3.63) is 42.1 Å². The van der Waals surface area contributed by atoms with Crippen molar-refractivity contribution < 1.29 is 19.0 Å². The largest absolute Gasteiger partial charge is 0.488 e. The predicted molar refractivity (Wildman–Crippen MR) is 108 cm³/mol. The zero-order chi connectivity index (χ0) is 20.1. The first-order valence-corrected chi connectivity index (χ1v) is 9.67. The number of nitrogens with zero attached hydrogens (tertiary/aromatic N) is 2. The number of aliphatic carboxylic acids is 1. The van der Waals surface area contributed by atoms with E-state index in [1.807, 2.05) is 0 Å². The number of carboxylic acids is 1. The van der Waals surface area contributed by atoms with Crippen LogP contribution >= 0.6 is 12.2 Å². The fourth-order valence-electron chi connectivity index (χ4n) is 3.28. The van der Waals surface area contributed by atoms with Gasteiger partial charge in [0.05, 0.1) is 11.8 Å². The Balaban J connectivity index is 1.88. The number of carbonyl (C=O) groups is 1. The normalized spacial score (nSPS) is 15.6. The molecule has 1 atom stereocenters. The Hall–Kier alpha value is -2.61. The molecule has 8 heteroatoms. The number of hydrogen-bond donors (Lipinski definition) is 2. The maximum absolute atomic E-state index is 13.8. The lowest BCUT2D eigenvalue weighted by Gasteiger charge is -2.25. The summed E-state index contributed by atoms with van der Waals surface area (Å²) in [4.78, 5) is 19.3. The predicted octanol–water partition coefficient (Wildman–Crippen LogP) is 4.63. The minimum absolute atomic E-state index is 0.0551. The Bertz CT molecular complexity index is 872. The van der Waals surface area contributed by atoms with E-state index < -0.39 is 11.9 Å². The minimum atomic E-state index is -1.15. The van der Waals surface area contributed by atoms with Gasteiger partial charge >= 0.3 is 5.97 Å². The summed E-state index contributed by atoms with van der Waals surface area (Å²) >= 11 is 5.00. The molecule has 3 rings (SSSR count). The number of anilines is 2. The van der Waals surface area contributed by atoms with Gasteiger partial charge < -0.3 is 15.2 Å². The molecule has 0 saturated heterocycles. The second-order valence-corrected chi connectivity index (χ2v) is 7.30. The first-order chi connectivity index (χ1) is 13.5. The van der Waals surface area contributed by atoms with Gasteiger partial charge in [-0.3, -0.25) is 0 Å². The topological polar surface area (TPSA) is 84.3 Å². The number of nitrogens with one attached hydrogen (secondary N) is 1. The number of benzene rings is 1. The third-order valence-electron chi connectivity index (χ3n) is 4.85. The van der Waals surface area contributed by atoms with Gasteiger partial charge in [-0.2, -0.15) is 0 Å². The van der Waals surface area contributed by atoms with Crippen molar-refractivity contribution in [3.63, 3.8) is 0 Å². The van der Waals surface area contributed by atoms with Crippen LogP contribution in [0.1, 0.15) is 50.5 Å². The van der Waals surface area contributed by atoms with E-state index in [0.29, 0.717) is 22.8 Å². The first kappa shape index (κ1) is 20.1. The van der Waals surface area contributed by atoms with E-state index in [0.717, 1.165) is 25.7 Å². The van der Waals surface area contributed by atoms with Crippen LogP contribution in [0.4, 0.5) is 15.9 Å². The van der Waals surface area contributed by atoms with Gasteiger partial charge in [0, 0.05) is 23.7 Å². The molecule has 0 radical (unpaired) electrons. The molecule has 0 bridgehead atoms.